The summed E-state index contributed by atoms with van der Waals surface area (Å²) in [6.07, 6.45) is 2.35. The van der Waals surface area contributed by atoms with E-state index in [2.05, 4.69) is 28.1 Å². The van der Waals surface area contributed by atoms with Gasteiger partial charge in [-0.1, -0.05) is 24.3 Å². The molecule has 3 heterocycles. The Labute approximate surface area is 215 Å². The second kappa shape index (κ2) is 9.90. The van der Waals surface area contributed by atoms with Gasteiger partial charge in [-0.2, -0.15) is 5.10 Å². The topological polar surface area (TPSA) is 70.6 Å². The average molecular weight is 500 g/mol. The largest absolute Gasteiger partial charge is 0.508 e. The van der Waals surface area contributed by atoms with Gasteiger partial charge in [-0.25, -0.2) is 0 Å². The maximum absolute atomic E-state index is 12.9. The Bertz CT molecular complexity index is 1450. The molecule has 2 N–H and O–H groups in total. The number of ether oxygens (including phenoxy) is 2. The number of nitrogens with zero attached hydrogens (tertiary/aromatic N) is 2. The molecule has 37 heavy (non-hydrogen) atoms. The summed E-state index contributed by atoms with van der Waals surface area (Å²) in [5, 5.41) is 18.4. The van der Waals surface area contributed by atoms with Crippen LogP contribution in [0.3, 0.4) is 0 Å². The molecule has 3 aromatic carbocycles. The molecule has 6 rings (SSSR count). The third-order valence-electron chi connectivity index (χ3n) is 7.49. The SMILES string of the molecule is CC1=C(c2cccc(O)c2)C(c2ccc(OCCN3CC[C@@H](CF)C3)cc2)Oc2c1ccc1[nH]ncc21. The molecule has 2 aliphatic rings. The predicted octanol–water partition coefficient (Wildman–Crippen LogP) is 6.00. The van der Waals surface area contributed by atoms with Crippen molar-refractivity contribution >= 4 is 22.0 Å². The maximum Gasteiger partial charge on any atom is 0.150 e. The zero-order valence-electron chi connectivity index (χ0n) is 20.8. The Morgan fingerprint density at radius 3 is 2.81 bits per heavy atom. The smallest absolute Gasteiger partial charge is 0.150 e. The van der Waals surface area contributed by atoms with Crippen LogP contribution in [-0.4, -0.2) is 53.1 Å². The van der Waals surface area contributed by atoms with E-state index >= 15 is 0 Å². The molecule has 1 unspecified atom stereocenters. The standard InChI is InChI=1S/C30H30FN3O3/c1-19-25-9-10-27-26(17-32-33-27)30(25)37-29(28(19)22-3-2-4-23(35)15-22)21-5-7-24(8-6-21)36-14-13-34-12-11-20(16-31)18-34/h2-10,15,17,20,29,35H,11-14,16,18H2,1H3,(H,32,33)/t20-,29?/m0/s1. The monoisotopic (exact) mass is 499 g/mol. The van der Waals surface area contributed by atoms with Crippen LogP contribution in [0.2, 0.25) is 0 Å². The van der Waals surface area contributed by atoms with Gasteiger partial charge in [-0.15, -0.1) is 0 Å². The van der Waals surface area contributed by atoms with Crippen LogP contribution in [0.5, 0.6) is 17.2 Å². The summed E-state index contributed by atoms with van der Waals surface area (Å²) >= 11 is 0. The van der Waals surface area contributed by atoms with Gasteiger partial charge in [-0.3, -0.25) is 14.4 Å². The number of allylic oxidation sites excluding steroid dienone is 1. The summed E-state index contributed by atoms with van der Waals surface area (Å²) in [5.74, 6) is 1.97. The van der Waals surface area contributed by atoms with Crippen LogP contribution >= 0.6 is 0 Å². The van der Waals surface area contributed by atoms with Crippen molar-refractivity contribution in [2.45, 2.75) is 19.4 Å². The average Bonchev–Trinajstić information content (AvgIpc) is 3.59. The van der Waals surface area contributed by atoms with E-state index in [1.165, 1.54) is 0 Å². The molecule has 7 heteroatoms. The molecule has 0 aliphatic carbocycles. The van der Waals surface area contributed by atoms with Crippen LogP contribution in [0.15, 0.2) is 66.9 Å². The number of likely N-dealkylation sites (tertiary alicyclic amines) is 1. The summed E-state index contributed by atoms with van der Waals surface area (Å²) in [7, 11) is 0. The molecule has 2 atom stereocenters. The Hall–Kier alpha value is -3.84. The Balaban J connectivity index is 1.28. The Morgan fingerprint density at radius 1 is 1.16 bits per heavy atom. The van der Waals surface area contributed by atoms with Crippen molar-refractivity contribution in [2.24, 2.45) is 5.92 Å². The van der Waals surface area contributed by atoms with Crippen LogP contribution in [-0.2, 0) is 0 Å². The molecule has 4 aromatic rings. The van der Waals surface area contributed by atoms with Gasteiger partial charge >= 0.3 is 0 Å². The number of aromatic hydroxyl groups is 1. The van der Waals surface area contributed by atoms with Crippen LogP contribution in [0.4, 0.5) is 4.39 Å². The van der Waals surface area contributed by atoms with E-state index < -0.39 is 0 Å². The minimum Gasteiger partial charge on any atom is -0.508 e. The highest BCUT2D eigenvalue weighted by molar-refractivity contribution is 6.00. The summed E-state index contributed by atoms with van der Waals surface area (Å²) < 4.78 is 25.6. The second-order valence-corrected chi connectivity index (χ2v) is 9.89. The van der Waals surface area contributed by atoms with Crippen LogP contribution < -0.4 is 9.47 Å². The van der Waals surface area contributed by atoms with Crippen LogP contribution in [0, 0.1) is 5.92 Å². The van der Waals surface area contributed by atoms with Crippen molar-refractivity contribution in [1.29, 1.82) is 0 Å². The molecule has 0 bridgehead atoms. The van der Waals surface area contributed by atoms with E-state index in [4.69, 9.17) is 9.47 Å². The lowest BCUT2D eigenvalue weighted by Crippen LogP contribution is -2.26. The van der Waals surface area contributed by atoms with Gasteiger partial charge < -0.3 is 14.6 Å². The van der Waals surface area contributed by atoms with Gasteiger partial charge in [-0.05, 0) is 73.0 Å². The van der Waals surface area contributed by atoms with Gasteiger partial charge in [0.2, 0.25) is 0 Å². The number of aromatic amines is 1. The van der Waals surface area contributed by atoms with Crippen molar-refractivity contribution in [3.05, 3.63) is 83.6 Å². The van der Waals surface area contributed by atoms with E-state index in [0.29, 0.717) is 6.61 Å². The van der Waals surface area contributed by atoms with E-state index in [-0.39, 0.29) is 24.4 Å². The Kier molecular flexibility index (Phi) is 6.30. The molecule has 0 radical (unpaired) electrons. The van der Waals surface area contributed by atoms with Gasteiger partial charge in [0, 0.05) is 30.1 Å². The molecule has 0 saturated carbocycles. The minimum atomic E-state index is -0.369. The van der Waals surface area contributed by atoms with Crippen LogP contribution in [0.25, 0.3) is 22.0 Å². The van der Waals surface area contributed by atoms with E-state index in [1.807, 2.05) is 42.5 Å². The summed E-state index contributed by atoms with van der Waals surface area (Å²) in [6, 6.07) is 19.4. The van der Waals surface area contributed by atoms with Crippen molar-refractivity contribution in [2.75, 3.05) is 32.9 Å². The fourth-order valence-electron chi connectivity index (χ4n) is 5.48. The molecule has 1 aromatic heterocycles. The number of aromatic nitrogens is 2. The van der Waals surface area contributed by atoms with Gasteiger partial charge in [0.15, 0.2) is 0 Å². The first-order valence-electron chi connectivity index (χ1n) is 12.7. The van der Waals surface area contributed by atoms with E-state index in [1.54, 1.807) is 18.3 Å². The number of hydrogen-bond acceptors (Lipinski definition) is 5. The van der Waals surface area contributed by atoms with Crippen molar-refractivity contribution in [1.82, 2.24) is 15.1 Å². The number of phenolic OH excluding ortho intramolecular Hbond substituents is 1. The first kappa shape index (κ1) is 23.6. The number of nitrogens with one attached hydrogen (secondary N) is 1. The summed E-state index contributed by atoms with van der Waals surface area (Å²) in [6.45, 7) is 4.97. The first-order valence-corrected chi connectivity index (χ1v) is 12.7. The lowest BCUT2D eigenvalue weighted by Gasteiger charge is -2.31. The predicted molar refractivity (Wildman–Crippen MR) is 143 cm³/mol. The fourth-order valence-corrected chi connectivity index (χ4v) is 5.48. The second-order valence-electron chi connectivity index (χ2n) is 9.89. The van der Waals surface area contributed by atoms with E-state index in [0.717, 1.165) is 76.3 Å². The van der Waals surface area contributed by atoms with E-state index in [9.17, 15) is 9.50 Å². The Morgan fingerprint density at radius 2 is 2.03 bits per heavy atom. The highest BCUT2D eigenvalue weighted by Gasteiger charge is 2.31. The van der Waals surface area contributed by atoms with Crippen molar-refractivity contribution < 1.29 is 19.0 Å². The molecule has 190 valence electrons. The van der Waals surface area contributed by atoms with Crippen LogP contribution in [0.1, 0.15) is 36.1 Å². The van der Waals surface area contributed by atoms with Gasteiger partial charge in [0.25, 0.3) is 0 Å². The molecule has 2 aliphatic heterocycles. The van der Waals surface area contributed by atoms with Gasteiger partial charge in [0.1, 0.15) is 30.0 Å². The molecule has 0 amide bonds. The van der Waals surface area contributed by atoms with Crippen molar-refractivity contribution in [3.63, 3.8) is 0 Å². The molecule has 0 spiro atoms. The summed E-state index contributed by atoms with van der Waals surface area (Å²) in [5.41, 5.74) is 5.94. The first-order chi connectivity index (χ1) is 18.1. The third-order valence-corrected chi connectivity index (χ3v) is 7.49. The number of fused-ring (bicyclic) bond motifs is 3. The lowest BCUT2D eigenvalue weighted by molar-refractivity contribution is 0.228. The maximum atomic E-state index is 12.9. The minimum absolute atomic E-state index is 0.167. The summed E-state index contributed by atoms with van der Waals surface area (Å²) in [4.78, 5) is 2.26. The quantitative estimate of drug-likeness (QED) is 0.326. The molecule has 6 nitrogen and oxygen atoms in total. The zero-order valence-corrected chi connectivity index (χ0v) is 20.8. The highest BCUT2D eigenvalue weighted by atomic mass is 19.1. The number of phenols is 1. The van der Waals surface area contributed by atoms with Crippen molar-refractivity contribution in [3.8, 4) is 17.2 Å². The number of H-pyrrole nitrogens is 1. The number of halogens is 1. The molecule has 1 fully saturated rings. The molecule has 1 saturated heterocycles. The molecular weight excluding hydrogens is 469 g/mol. The third kappa shape index (κ3) is 4.55. The number of rotatable bonds is 7. The number of benzene rings is 3. The number of hydrogen-bond donors (Lipinski definition) is 2. The normalized spacial score (nSPS) is 19.7. The lowest BCUT2D eigenvalue weighted by atomic mass is 9.85. The zero-order chi connectivity index (χ0) is 25.4. The number of alkyl halides is 1. The highest BCUT2D eigenvalue weighted by Crippen LogP contribution is 2.49. The molecular formula is C30H30FN3O3. The fraction of sp³-hybridized carbons (Fsp3) is 0.300. The van der Waals surface area contributed by atoms with Gasteiger partial charge in [0.05, 0.1) is 23.8 Å².